The molecule has 0 aliphatic heterocycles. The van der Waals surface area contributed by atoms with Crippen LogP contribution in [-0.4, -0.2) is 16.9 Å². The van der Waals surface area contributed by atoms with Gasteiger partial charge in [-0.1, -0.05) is 12.1 Å². The van der Waals surface area contributed by atoms with E-state index in [0.29, 0.717) is 0 Å². The van der Waals surface area contributed by atoms with Crippen LogP contribution in [0.1, 0.15) is 22.3 Å². The van der Waals surface area contributed by atoms with Crippen molar-refractivity contribution in [1.82, 2.24) is 0 Å². The minimum Gasteiger partial charge on any atom is -0.481 e. The van der Waals surface area contributed by atoms with Gasteiger partial charge in [-0.2, -0.15) is 13.2 Å². The predicted molar refractivity (Wildman–Crippen MR) is 55.0 cm³/mol. The van der Waals surface area contributed by atoms with Crippen LogP contribution < -0.4 is 0 Å². The Kier molecular flexibility index (Phi) is 2.88. The van der Waals surface area contributed by atoms with Crippen LogP contribution in [0.5, 0.6) is 0 Å². The molecule has 1 aliphatic rings. The Balaban J connectivity index is 2.12. The number of rotatable bonds is 3. The summed E-state index contributed by atoms with van der Waals surface area (Å²) < 4.78 is 36.9. The highest BCUT2D eigenvalue weighted by atomic mass is 19.4. The van der Waals surface area contributed by atoms with E-state index in [1.807, 2.05) is 0 Å². The van der Waals surface area contributed by atoms with Gasteiger partial charge in [-0.3, -0.25) is 9.59 Å². The zero-order valence-electron chi connectivity index (χ0n) is 9.07. The van der Waals surface area contributed by atoms with Gasteiger partial charge in [-0.05, 0) is 18.6 Å². The summed E-state index contributed by atoms with van der Waals surface area (Å²) in [6.07, 6.45) is -4.18. The molecule has 0 radical (unpaired) electrons. The number of hydrogen-bond donors (Lipinski definition) is 1. The van der Waals surface area contributed by atoms with Gasteiger partial charge in [0, 0.05) is 11.5 Å². The van der Waals surface area contributed by atoms with E-state index in [1.165, 1.54) is 0 Å². The summed E-state index contributed by atoms with van der Waals surface area (Å²) in [4.78, 5) is 22.3. The summed E-state index contributed by atoms with van der Waals surface area (Å²) in [5.41, 5.74) is -0.707. The topological polar surface area (TPSA) is 54.4 Å². The van der Waals surface area contributed by atoms with Gasteiger partial charge in [-0.15, -0.1) is 0 Å². The van der Waals surface area contributed by atoms with Crippen LogP contribution in [0.25, 0.3) is 0 Å². The second kappa shape index (κ2) is 4.12. The molecule has 1 saturated carbocycles. The van der Waals surface area contributed by atoms with Crippen molar-refractivity contribution in [3.05, 3.63) is 35.4 Å². The van der Waals surface area contributed by atoms with Crippen molar-refractivity contribution >= 4 is 11.8 Å². The number of hydrogen-bond acceptors (Lipinski definition) is 2. The normalized spacial score (nSPS) is 22.6. The molecule has 96 valence electrons. The number of benzene rings is 1. The largest absolute Gasteiger partial charge is 0.481 e. The van der Waals surface area contributed by atoms with Gasteiger partial charge in [0.05, 0.1) is 11.5 Å². The second-order valence-corrected chi connectivity index (χ2v) is 4.23. The molecule has 0 spiro atoms. The van der Waals surface area contributed by atoms with Crippen LogP contribution in [-0.2, 0) is 11.0 Å². The lowest BCUT2D eigenvalue weighted by molar-refractivity contribution is -0.139. The SMILES string of the molecule is O=C(O)C1CC1C(=O)c1ccc(C(F)(F)F)cc1. The van der Waals surface area contributed by atoms with Crippen molar-refractivity contribution in [2.75, 3.05) is 0 Å². The van der Waals surface area contributed by atoms with Crippen molar-refractivity contribution < 1.29 is 27.9 Å². The molecular formula is C12H9F3O3. The summed E-state index contributed by atoms with van der Waals surface area (Å²) in [6, 6.07) is 3.82. The molecule has 1 aliphatic carbocycles. The molecule has 2 atom stereocenters. The molecule has 0 amide bonds. The third kappa shape index (κ3) is 2.37. The summed E-state index contributed by atoms with van der Waals surface area (Å²) in [5, 5.41) is 8.67. The highest BCUT2D eigenvalue weighted by Crippen LogP contribution is 2.41. The molecule has 1 fully saturated rings. The average molecular weight is 258 g/mol. The Morgan fingerprint density at radius 3 is 2.06 bits per heavy atom. The van der Waals surface area contributed by atoms with Crippen molar-refractivity contribution in [3.63, 3.8) is 0 Å². The standard InChI is InChI=1S/C12H9F3O3/c13-12(14,15)7-3-1-6(2-4-7)10(16)8-5-9(8)11(17)18/h1-4,8-9H,5H2,(H,17,18). The molecule has 3 nitrogen and oxygen atoms in total. The molecule has 0 bridgehead atoms. The number of carboxylic acid groups (broad SMARTS) is 1. The Morgan fingerprint density at radius 1 is 1.11 bits per heavy atom. The fourth-order valence-corrected chi connectivity index (χ4v) is 1.80. The van der Waals surface area contributed by atoms with E-state index in [2.05, 4.69) is 0 Å². The van der Waals surface area contributed by atoms with Gasteiger partial charge in [-0.25, -0.2) is 0 Å². The van der Waals surface area contributed by atoms with Gasteiger partial charge in [0.25, 0.3) is 0 Å². The Morgan fingerprint density at radius 2 is 1.67 bits per heavy atom. The van der Waals surface area contributed by atoms with E-state index in [9.17, 15) is 22.8 Å². The number of Topliss-reactive ketones (excluding diaryl/α,β-unsaturated/α-hetero) is 1. The minimum atomic E-state index is -4.44. The highest BCUT2D eigenvalue weighted by molar-refractivity contribution is 6.02. The van der Waals surface area contributed by atoms with E-state index in [4.69, 9.17) is 5.11 Å². The van der Waals surface area contributed by atoms with Gasteiger partial charge in [0.1, 0.15) is 0 Å². The molecule has 1 N–H and O–H groups in total. The third-order valence-corrected chi connectivity index (χ3v) is 2.94. The fraction of sp³-hybridized carbons (Fsp3) is 0.333. The maximum atomic E-state index is 12.3. The van der Waals surface area contributed by atoms with E-state index in [-0.39, 0.29) is 12.0 Å². The first kappa shape index (κ1) is 12.6. The average Bonchev–Trinajstić information content (AvgIpc) is 3.07. The molecule has 0 heterocycles. The first-order valence-corrected chi connectivity index (χ1v) is 5.25. The van der Waals surface area contributed by atoms with Crippen LogP contribution in [0.4, 0.5) is 13.2 Å². The van der Waals surface area contributed by atoms with Gasteiger partial charge in [0.2, 0.25) is 0 Å². The monoisotopic (exact) mass is 258 g/mol. The van der Waals surface area contributed by atoms with Gasteiger partial charge < -0.3 is 5.11 Å². The van der Waals surface area contributed by atoms with E-state index < -0.39 is 35.3 Å². The number of ketones is 1. The molecule has 6 heteroatoms. The van der Waals surface area contributed by atoms with E-state index in [1.54, 1.807) is 0 Å². The quantitative estimate of drug-likeness (QED) is 0.848. The van der Waals surface area contributed by atoms with Crippen LogP contribution in [0.2, 0.25) is 0 Å². The van der Waals surface area contributed by atoms with Crippen LogP contribution in [0.15, 0.2) is 24.3 Å². The van der Waals surface area contributed by atoms with Crippen molar-refractivity contribution in [2.24, 2.45) is 11.8 Å². The molecule has 1 aromatic carbocycles. The van der Waals surface area contributed by atoms with Crippen molar-refractivity contribution in [3.8, 4) is 0 Å². The molecule has 18 heavy (non-hydrogen) atoms. The van der Waals surface area contributed by atoms with Crippen molar-refractivity contribution in [1.29, 1.82) is 0 Å². The van der Waals surface area contributed by atoms with Crippen LogP contribution >= 0.6 is 0 Å². The van der Waals surface area contributed by atoms with Crippen LogP contribution in [0.3, 0.4) is 0 Å². The molecule has 1 aromatic rings. The fourth-order valence-electron chi connectivity index (χ4n) is 1.80. The smallest absolute Gasteiger partial charge is 0.416 e. The third-order valence-electron chi connectivity index (χ3n) is 2.94. The second-order valence-electron chi connectivity index (χ2n) is 4.23. The zero-order valence-corrected chi connectivity index (χ0v) is 9.07. The maximum Gasteiger partial charge on any atom is 0.416 e. The Bertz CT molecular complexity index is 490. The molecule has 2 unspecified atom stereocenters. The Hall–Kier alpha value is -1.85. The number of carboxylic acids is 1. The lowest BCUT2D eigenvalue weighted by Crippen LogP contribution is -2.09. The highest BCUT2D eigenvalue weighted by Gasteiger charge is 2.48. The Labute approximate surface area is 100 Å². The number of alkyl halides is 3. The zero-order chi connectivity index (χ0) is 13.5. The molecular weight excluding hydrogens is 249 g/mol. The molecule has 2 rings (SSSR count). The lowest BCUT2D eigenvalue weighted by Gasteiger charge is -2.06. The number of carbonyl (C=O) groups is 2. The first-order valence-electron chi connectivity index (χ1n) is 5.25. The lowest BCUT2D eigenvalue weighted by atomic mass is 10.0. The van der Waals surface area contributed by atoms with E-state index in [0.717, 1.165) is 24.3 Å². The maximum absolute atomic E-state index is 12.3. The number of carbonyl (C=O) groups excluding carboxylic acids is 1. The minimum absolute atomic E-state index is 0.122. The van der Waals surface area contributed by atoms with Crippen LogP contribution in [0, 0.1) is 11.8 Å². The first-order chi connectivity index (χ1) is 8.30. The molecule has 0 saturated heterocycles. The number of halogens is 3. The van der Waals surface area contributed by atoms with Crippen molar-refractivity contribution in [2.45, 2.75) is 12.6 Å². The number of aliphatic carboxylic acids is 1. The van der Waals surface area contributed by atoms with E-state index >= 15 is 0 Å². The summed E-state index contributed by atoms with van der Waals surface area (Å²) in [7, 11) is 0. The molecule has 0 aromatic heterocycles. The predicted octanol–water partition coefficient (Wildman–Crippen LogP) is 2.61. The van der Waals surface area contributed by atoms with Gasteiger partial charge in [0.15, 0.2) is 5.78 Å². The summed E-state index contributed by atoms with van der Waals surface area (Å²) in [5.74, 6) is -2.74. The summed E-state index contributed by atoms with van der Waals surface area (Å²) >= 11 is 0. The summed E-state index contributed by atoms with van der Waals surface area (Å²) in [6.45, 7) is 0. The van der Waals surface area contributed by atoms with Gasteiger partial charge >= 0.3 is 12.1 Å².